The van der Waals surface area contributed by atoms with E-state index in [4.69, 9.17) is 37.6 Å². The predicted molar refractivity (Wildman–Crippen MR) is 178 cm³/mol. The van der Waals surface area contributed by atoms with Crippen LogP contribution in [-0.2, 0) is 23.7 Å². The summed E-state index contributed by atoms with van der Waals surface area (Å²) < 4.78 is 45.0. The van der Waals surface area contributed by atoms with Crippen LogP contribution in [0.1, 0.15) is 6.92 Å². The summed E-state index contributed by atoms with van der Waals surface area (Å²) in [5.74, 6) is -2.55. The molecule has 3 fully saturated rings. The Balaban J connectivity index is 1.28. The number of methoxy groups -OCH3 is 1. The first kappa shape index (κ1) is 40.7. The summed E-state index contributed by atoms with van der Waals surface area (Å²) in [4.78, 5) is 13.9. The summed E-state index contributed by atoms with van der Waals surface area (Å²) in [5.41, 5.74) is -1.26. The Bertz CT molecular complexity index is 1870. The molecular formula is C34H42O21. The molecule has 1 aromatic heterocycles. The molecule has 6 rings (SSSR count). The standard InChI is InChI=1S/C34H42O21/c1-10-20(39)26(45)31(55-32-27(46)24(43)21(40)17(8-35)52-32)34(50-10)49-9-18-22(41)25(44)28(47)33(53-18)54-30-23(42)19-14(38)6-12(36)7-16(19)51-29(30)11-3-4-13(37)15(5-11)48-2/h3-7,10,17-18,20-22,24-28,31-41,43-47H,8-9H2,1-2H3. The maximum Gasteiger partial charge on any atom is 0.239 e. The number of aliphatic hydroxyl groups is 9. The number of rotatable bonds is 10. The molecule has 21 heteroatoms. The van der Waals surface area contributed by atoms with Crippen LogP contribution in [0.15, 0.2) is 39.5 Å². The molecule has 55 heavy (non-hydrogen) atoms. The molecule has 0 bridgehead atoms. The molecule has 0 saturated carbocycles. The lowest BCUT2D eigenvalue weighted by molar-refractivity contribution is -0.369. The van der Waals surface area contributed by atoms with Crippen molar-refractivity contribution in [1.82, 2.24) is 0 Å². The van der Waals surface area contributed by atoms with Gasteiger partial charge in [-0.25, -0.2) is 0 Å². The highest BCUT2D eigenvalue weighted by Gasteiger charge is 2.51. The van der Waals surface area contributed by atoms with Crippen LogP contribution in [0, 0.1) is 0 Å². The van der Waals surface area contributed by atoms with Gasteiger partial charge in [-0.05, 0) is 25.1 Å². The van der Waals surface area contributed by atoms with Gasteiger partial charge >= 0.3 is 0 Å². The van der Waals surface area contributed by atoms with E-state index in [1.807, 2.05) is 0 Å². The summed E-state index contributed by atoms with van der Waals surface area (Å²) in [7, 11) is 1.26. The van der Waals surface area contributed by atoms with Gasteiger partial charge in [0.25, 0.3) is 0 Å². The molecule has 12 N–H and O–H groups in total. The molecule has 0 spiro atoms. The summed E-state index contributed by atoms with van der Waals surface area (Å²) in [5, 5.41) is 125. The molecular weight excluding hydrogens is 744 g/mol. The van der Waals surface area contributed by atoms with E-state index in [0.29, 0.717) is 0 Å². The van der Waals surface area contributed by atoms with E-state index in [9.17, 15) is 66.1 Å². The molecule has 15 atom stereocenters. The molecule has 3 aliphatic rings. The average Bonchev–Trinajstić information content (AvgIpc) is 3.15. The van der Waals surface area contributed by atoms with E-state index in [1.54, 1.807) is 0 Å². The number of fused-ring (bicyclic) bond motifs is 1. The van der Waals surface area contributed by atoms with Gasteiger partial charge in [0, 0.05) is 17.7 Å². The van der Waals surface area contributed by atoms with Gasteiger partial charge in [-0.1, -0.05) is 0 Å². The second-order valence-electron chi connectivity index (χ2n) is 13.3. The molecule has 15 unspecified atom stereocenters. The van der Waals surface area contributed by atoms with Crippen LogP contribution in [0.5, 0.6) is 28.7 Å². The Hall–Kier alpha value is -3.91. The third-order valence-corrected chi connectivity index (χ3v) is 9.61. The van der Waals surface area contributed by atoms with Gasteiger partial charge in [0.1, 0.15) is 89.6 Å². The number of hydrogen-bond acceptors (Lipinski definition) is 21. The number of aliphatic hydroxyl groups excluding tert-OH is 9. The fourth-order valence-electron chi connectivity index (χ4n) is 6.46. The van der Waals surface area contributed by atoms with E-state index in [1.165, 1.54) is 32.2 Å². The number of ether oxygens (including phenoxy) is 7. The van der Waals surface area contributed by atoms with Gasteiger partial charge in [-0.15, -0.1) is 0 Å². The van der Waals surface area contributed by atoms with Gasteiger partial charge in [0.2, 0.25) is 17.5 Å². The maximum atomic E-state index is 13.9. The van der Waals surface area contributed by atoms with Crippen molar-refractivity contribution in [2.45, 2.75) is 99.0 Å². The van der Waals surface area contributed by atoms with Crippen molar-refractivity contribution in [2.75, 3.05) is 20.3 Å². The SMILES string of the molecule is COc1cc(-c2oc3cc(O)cc(O)c3c(=O)c2OC2OC(COC3OC(C)C(O)C(O)C3OC3OC(CO)C(O)C(O)C3O)C(O)C(O)C2O)ccc1O. The average molecular weight is 787 g/mol. The number of phenolic OH excluding ortho intramolecular Hbond substituents is 3. The molecule has 4 heterocycles. The fourth-order valence-corrected chi connectivity index (χ4v) is 6.46. The largest absolute Gasteiger partial charge is 0.508 e. The van der Waals surface area contributed by atoms with Crippen LogP contribution in [0.2, 0.25) is 0 Å². The van der Waals surface area contributed by atoms with Crippen molar-refractivity contribution in [3.05, 3.63) is 40.6 Å². The van der Waals surface area contributed by atoms with E-state index in [0.717, 1.165) is 12.1 Å². The Morgan fingerprint density at radius 2 is 1.36 bits per heavy atom. The highest BCUT2D eigenvalue weighted by molar-refractivity contribution is 5.88. The fraction of sp³-hybridized carbons (Fsp3) is 0.559. The zero-order valence-corrected chi connectivity index (χ0v) is 29.0. The maximum absolute atomic E-state index is 13.9. The van der Waals surface area contributed by atoms with E-state index in [-0.39, 0.29) is 28.4 Å². The van der Waals surface area contributed by atoms with Crippen LogP contribution in [0.25, 0.3) is 22.3 Å². The summed E-state index contributed by atoms with van der Waals surface area (Å²) in [6.07, 6.45) is -26.0. The lowest BCUT2D eigenvalue weighted by atomic mass is 9.97. The Morgan fingerprint density at radius 3 is 2.04 bits per heavy atom. The van der Waals surface area contributed by atoms with E-state index >= 15 is 0 Å². The number of hydrogen-bond donors (Lipinski definition) is 12. The molecule has 0 aliphatic carbocycles. The Morgan fingerprint density at radius 1 is 0.709 bits per heavy atom. The topological polar surface area (TPSA) is 338 Å². The Kier molecular flexibility index (Phi) is 12.1. The lowest BCUT2D eigenvalue weighted by Gasteiger charge is -2.46. The first-order chi connectivity index (χ1) is 26.1. The van der Waals surface area contributed by atoms with Crippen molar-refractivity contribution in [2.24, 2.45) is 0 Å². The molecule has 3 aromatic rings. The van der Waals surface area contributed by atoms with Crippen molar-refractivity contribution < 1.29 is 98.9 Å². The molecule has 0 radical (unpaired) electrons. The summed E-state index contributed by atoms with van der Waals surface area (Å²) in [6, 6.07) is 5.69. The van der Waals surface area contributed by atoms with Gasteiger partial charge in [-0.3, -0.25) is 4.79 Å². The quantitative estimate of drug-likeness (QED) is 0.0946. The molecule has 3 aliphatic heterocycles. The first-order valence-electron chi connectivity index (χ1n) is 16.9. The summed E-state index contributed by atoms with van der Waals surface area (Å²) >= 11 is 0. The van der Waals surface area contributed by atoms with Crippen LogP contribution < -0.4 is 14.9 Å². The lowest BCUT2D eigenvalue weighted by Crippen LogP contribution is -2.64. The minimum atomic E-state index is -2.04. The number of phenols is 3. The zero-order valence-electron chi connectivity index (χ0n) is 29.0. The van der Waals surface area contributed by atoms with E-state index in [2.05, 4.69) is 0 Å². The second-order valence-corrected chi connectivity index (χ2v) is 13.3. The number of benzene rings is 2. The van der Waals surface area contributed by atoms with Crippen LogP contribution >= 0.6 is 0 Å². The number of aromatic hydroxyl groups is 3. The van der Waals surface area contributed by atoms with Gasteiger partial charge in [0.05, 0.1) is 26.4 Å². The Labute approximate surface area is 309 Å². The smallest absolute Gasteiger partial charge is 0.239 e. The first-order valence-corrected chi connectivity index (χ1v) is 16.9. The van der Waals surface area contributed by atoms with Crippen LogP contribution in [0.4, 0.5) is 0 Å². The third kappa shape index (κ3) is 7.77. The molecule has 21 nitrogen and oxygen atoms in total. The van der Waals surface area contributed by atoms with Crippen LogP contribution in [0.3, 0.4) is 0 Å². The van der Waals surface area contributed by atoms with Gasteiger partial charge < -0.3 is 98.9 Å². The van der Waals surface area contributed by atoms with Crippen molar-refractivity contribution in [3.63, 3.8) is 0 Å². The monoisotopic (exact) mass is 786 g/mol. The molecule has 0 amide bonds. The third-order valence-electron chi connectivity index (χ3n) is 9.61. The molecule has 3 saturated heterocycles. The minimum absolute atomic E-state index is 0.0552. The van der Waals surface area contributed by atoms with Gasteiger partial charge in [-0.2, -0.15) is 0 Å². The van der Waals surface area contributed by atoms with Crippen LogP contribution in [-0.4, -0.2) is 174 Å². The summed E-state index contributed by atoms with van der Waals surface area (Å²) in [6.45, 7) is -0.146. The van der Waals surface area contributed by atoms with Gasteiger partial charge in [0.15, 0.2) is 29.8 Å². The second kappa shape index (κ2) is 16.3. The van der Waals surface area contributed by atoms with Crippen molar-refractivity contribution in [3.8, 4) is 40.1 Å². The minimum Gasteiger partial charge on any atom is -0.508 e. The highest BCUT2D eigenvalue weighted by Crippen LogP contribution is 2.40. The van der Waals surface area contributed by atoms with E-state index < -0.39 is 133 Å². The highest BCUT2D eigenvalue weighted by atomic mass is 16.8. The van der Waals surface area contributed by atoms with Crippen molar-refractivity contribution >= 4 is 11.0 Å². The molecule has 304 valence electrons. The predicted octanol–water partition coefficient (Wildman–Crippen LogP) is -3.56. The van der Waals surface area contributed by atoms with Crippen molar-refractivity contribution in [1.29, 1.82) is 0 Å². The zero-order chi connectivity index (χ0) is 40.0. The molecule has 2 aromatic carbocycles. The normalized spacial score (nSPS) is 36.8.